The number of ether oxygens (including phenoxy) is 1. The minimum Gasteiger partial charge on any atom is -0.444 e. The van der Waals surface area contributed by atoms with Crippen molar-refractivity contribution in [2.45, 2.75) is 70.8 Å². The van der Waals surface area contributed by atoms with Gasteiger partial charge in [0.1, 0.15) is 16.8 Å². The zero-order valence-corrected chi connectivity index (χ0v) is 19.8. The lowest BCUT2D eigenvalue weighted by Gasteiger charge is -2.33. The molecule has 0 spiro atoms. The van der Waals surface area contributed by atoms with E-state index in [0.717, 1.165) is 25.7 Å². The first-order valence-electron chi connectivity index (χ1n) is 11.8. The second kappa shape index (κ2) is 9.47. The van der Waals surface area contributed by atoms with Crippen LogP contribution in [-0.4, -0.2) is 56.1 Å². The second-order valence-corrected chi connectivity index (χ2v) is 10.0. The summed E-state index contributed by atoms with van der Waals surface area (Å²) in [7, 11) is 0. The highest BCUT2D eigenvalue weighted by molar-refractivity contribution is 6.00. The molecule has 2 aromatic heterocycles. The number of rotatable bonds is 3. The van der Waals surface area contributed by atoms with Crippen molar-refractivity contribution in [1.29, 1.82) is 0 Å². The Morgan fingerprint density at radius 3 is 2.41 bits per heavy atom. The number of likely N-dealkylation sites (tertiary alicyclic amines) is 1. The smallest absolute Gasteiger partial charge is 0.410 e. The molecule has 2 aromatic rings. The Bertz CT molecular complexity index is 1130. The van der Waals surface area contributed by atoms with Gasteiger partial charge in [0, 0.05) is 31.0 Å². The molecule has 0 aromatic carbocycles. The highest BCUT2D eigenvalue weighted by Crippen LogP contribution is 2.29. The Morgan fingerprint density at radius 2 is 1.76 bits per heavy atom. The molecular weight excluding hydrogens is 440 g/mol. The van der Waals surface area contributed by atoms with Crippen LogP contribution in [0, 0.1) is 5.92 Å². The van der Waals surface area contributed by atoms with Gasteiger partial charge < -0.3 is 14.6 Å². The third kappa shape index (κ3) is 5.23. The summed E-state index contributed by atoms with van der Waals surface area (Å²) in [4.78, 5) is 54.0. The van der Waals surface area contributed by atoms with Crippen LogP contribution in [0.15, 0.2) is 17.1 Å². The number of hydrogen-bond donors (Lipinski definition) is 3. The molecule has 184 valence electrons. The maximum Gasteiger partial charge on any atom is 0.410 e. The number of fused-ring (bicyclic) bond motifs is 1. The molecule has 4 rings (SSSR count). The number of piperidine rings is 1. The van der Waals surface area contributed by atoms with Gasteiger partial charge in [0.25, 0.3) is 11.5 Å². The van der Waals surface area contributed by atoms with Crippen molar-refractivity contribution < 1.29 is 19.1 Å². The summed E-state index contributed by atoms with van der Waals surface area (Å²) in [6, 6.07) is 1.48. The molecule has 0 bridgehead atoms. The van der Waals surface area contributed by atoms with E-state index in [2.05, 4.69) is 20.9 Å². The molecule has 11 heteroatoms. The van der Waals surface area contributed by atoms with Gasteiger partial charge in [-0.3, -0.25) is 25.2 Å². The predicted octanol–water partition coefficient (Wildman–Crippen LogP) is 2.09. The fourth-order valence-corrected chi connectivity index (χ4v) is 4.63. The topological polar surface area (TPSA) is 138 Å². The van der Waals surface area contributed by atoms with Crippen molar-refractivity contribution in [2.75, 3.05) is 13.1 Å². The lowest BCUT2D eigenvalue weighted by atomic mass is 9.93. The van der Waals surface area contributed by atoms with Crippen molar-refractivity contribution >= 4 is 23.6 Å². The SMILES string of the molecule is CC(C)(C)OC(=O)N1CCC(c2cc(=O)[nH]c3c(C(=O)NNC(=O)C4CCCC4)cnn23)CC1. The number of aromatic amines is 1. The van der Waals surface area contributed by atoms with E-state index in [0.29, 0.717) is 31.6 Å². The molecule has 3 N–H and O–H groups in total. The minimum absolute atomic E-state index is 0.0126. The highest BCUT2D eigenvalue weighted by Gasteiger charge is 2.30. The van der Waals surface area contributed by atoms with Crippen LogP contribution in [0.25, 0.3) is 5.65 Å². The molecule has 11 nitrogen and oxygen atoms in total. The summed E-state index contributed by atoms with van der Waals surface area (Å²) < 4.78 is 7.01. The molecule has 1 aliphatic carbocycles. The largest absolute Gasteiger partial charge is 0.444 e. The first kappa shape index (κ1) is 23.8. The molecule has 0 radical (unpaired) electrons. The average molecular weight is 473 g/mol. The van der Waals surface area contributed by atoms with Gasteiger partial charge in [-0.05, 0) is 46.5 Å². The minimum atomic E-state index is -0.560. The number of H-pyrrole nitrogens is 1. The Labute approximate surface area is 197 Å². The number of nitrogens with zero attached hydrogens (tertiary/aromatic N) is 3. The van der Waals surface area contributed by atoms with Gasteiger partial charge in [0.15, 0.2) is 0 Å². The first-order valence-corrected chi connectivity index (χ1v) is 11.8. The average Bonchev–Trinajstić information content (AvgIpc) is 3.46. The van der Waals surface area contributed by atoms with Gasteiger partial charge in [-0.1, -0.05) is 12.8 Å². The van der Waals surface area contributed by atoms with Crippen LogP contribution < -0.4 is 16.4 Å². The maximum absolute atomic E-state index is 12.7. The van der Waals surface area contributed by atoms with E-state index < -0.39 is 11.5 Å². The summed E-state index contributed by atoms with van der Waals surface area (Å²) in [6.45, 7) is 6.48. The molecule has 2 fully saturated rings. The Kier molecular flexibility index (Phi) is 6.63. The molecular formula is C23H32N6O5. The van der Waals surface area contributed by atoms with Crippen molar-refractivity contribution in [2.24, 2.45) is 5.92 Å². The molecule has 0 atom stereocenters. The van der Waals surface area contributed by atoms with E-state index in [1.165, 1.54) is 12.3 Å². The summed E-state index contributed by atoms with van der Waals surface area (Å²) in [6.07, 6.45) is 5.97. The molecule has 0 unspecified atom stereocenters. The zero-order valence-electron chi connectivity index (χ0n) is 19.8. The monoisotopic (exact) mass is 472 g/mol. The van der Waals surface area contributed by atoms with Crippen molar-refractivity contribution in [3.05, 3.63) is 33.9 Å². The number of hydrazine groups is 1. The summed E-state index contributed by atoms with van der Waals surface area (Å²) >= 11 is 0. The van der Waals surface area contributed by atoms with Crippen molar-refractivity contribution in [3.63, 3.8) is 0 Å². The van der Waals surface area contributed by atoms with Crippen LogP contribution in [0.5, 0.6) is 0 Å². The quantitative estimate of drug-likeness (QED) is 0.585. The number of amides is 3. The molecule has 1 saturated heterocycles. The third-order valence-corrected chi connectivity index (χ3v) is 6.37. The Morgan fingerprint density at radius 1 is 1.09 bits per heavy atom. The molecule has 1 saturated carbocycles. The number of aromatic nitrogens is 3. The first-order chi connectivity index (χ1) is 16.1. The second-order valence-electron chi connectivity index (χ2n) is 10.0. The van der Waals surface area contributed by atoms with Gasteiger partial charge in [-0.25, -0.2) is 9.31 Å². The van der Waals surface area contributed by atoms with Crippen LogP contribution in [0.2, 0.25) is 0 Å². The summed E-state index contributed by atoms with van der Waals surface area (Å²) in [5.41, 5.74) is 5.13. The van der Waals surface area contributed by atoms with E-state index in [1.807, 2.05) is 20.8 Å². The van der Waals surface area contributed by atoms with Crippen LogP contribution >= 0.6 is 0 Å². The normalized spacial score (nSPS) is 17.7. The predicted molar refractivity (Wildman–Crippen MR) is 123 cm³/mol. The molecule has 3 amide bonds. The number of nitrogens with one attached hydrogen (secondary N) is 3. The number of carbonyl (C=O) groups is 3. The van der Waals surface area contributed by atoms with Gasteiger partial charge in [-0.15, -0.1) is 0 Å². The van der Waals surface area contributed by atoms with Gasteiger partial charge in [0.05, 0.1) is 11.9 Å². The Balaban J connectivity index is 1.46. The molecule has 2 aliphatic rings. The van der Waals surface area contributed by atoms with Crippen LogP contribution in [0.3, 0.4) is 0 Å². The lowest BCUT2D eigenvalue weighted by Crippen LogP contribution is -2.44. The lowest BCUT2D eigenvalue weighted by molar-refractivity contribution is -0.125. The van der Waals surface area contributed by atoms with E-state index in [9.17, 15) is 19.2 Å². The Hall–Kier alpha value is -3.37. The van der Waals surface area contributed by atoms with Gasteiger partial charge in [0.2, 0.25) is 5.91 Å². The highest BCUT2D eigenvalue weighted by atomic mass is 16.6. The standard InChI is InChI=1S/C23H32N6O5/c1-23(2,3)34-22(33)28-10-8-14(9-11-28)17-12-18(30)25-19-16(13-24-29(17)19)21(32)27-26-20(31)15-6-4-5-7-15/h12-15H,4-11H2,1-3H3,(H,25,30)(H,26,31)(H,27,32). The number of hydrogen-bond acceptors (Lipinski definition) is 6. The zero-order chi connectivity index (χ0) is 24.5. The summed E-state index contributed by atoms with van der Waals surface area (Å²) in [5, 5.41) is 4.33. The molecule has 3 heterocycles. The van der Waals surface area contributed by atoms with Crippen LogP contribution in [-0.2, 0) is 9.53 Å². The summed E-state index contributed by atoms with van der Waals surface area (Å²) in [5.74, 6) is -0.842. The fourth-order valence-electron chi connectivity index (χ4n) is 4.63. The van der Waals surface area contributed by atoms with E-state index in [-0.39, 0.29) is 40.6 Å². The van der Waals surface area contributed by atoms with Crippen LogP contribution in [0.4, 0.5) is 4.79 Å². The fraction of sp³-hybridized carbons (Fsp3) is 0.609. The molecule has 1 aliphatic heterocycles. The van der Waals surface area contributed by atoms with E-state index in [4.69, 9.17) is 4.74 Å². The van der Waals surface area contributed by atoms with Crippen molar-refractivity contribution in [3.8, 4) is 0 Å². The van der Waals surface area contributed by atoms with Crippen molar-refractivity contribution in [1.82, 2.24) is 30.3 Å². The van der Waals surface area contributed by atoms with E-state index >= 15 is 0 Å². The van der Waals surface area contributed by atoms with Gasteiger partial charge in [-0.2, -0.15) is 5.10 Å². The molecule has 34 heavy (non-hydrogen) atoms. The van der Waals surface area contributed by atoms with Crippen LogP contribution in [0.1, 0.15) is 81.3 Å². The van der Waals surface area contributed by atoms with E-state index in [1.54, 1.807) is 9.42 Å². The third-order valence-electron chi connectivity index (χ3n) is 6.37. The van der Waals surface area contributed by atoms with Gasteiger partial charge >= 0.3 is 6.09 Å². The number of carbonyl (C=O) groups excluding carboxylic acids is 3. The maximum atomic E-state index is 12.7.